The highest BCUT2D eigenvalue weighted by Gasteiger charge is 2.28. The predicted molar refractivity (Wildman–Crippen MR) is 107 cm³/mol. The Labute approximate surface area is 170 Å². The van der Waals surface area contributed by atoms with Crippen molar-refractivity contribution < 1.29 is 23.8 Å². The number of nitrogens with zero attached hydrogens (tertiary/aromatic N) is 2. The first-order valence-electron chi connectivity index (χ1n) is 9.72. The van der Waals surface area contributed by atoms with Gasteiger partial charge in [-0.3, -0.25) is 9.78 Å². The van der Waals surface area contributed by atoms with E-state index in [2.05, 4.69) is 9.72 Å². The minimum atomic E-state index is -0.489. The molecule has 2 heterocycles. The van der Waals surface area contributed by atoms with Gasteiger partial charge < -0.3 is 19.1 Å². The standard InChI is InChI=1S/C22H26N2O5/c1-27-20-14-17(7-8-19(20)29-15-21(25)28-2)22(26)24-13-5-3-4-6-18(24)16-9-11-23-12-10-16/h7-12,14,18H,3-6,13,15H2,1-2H3. The number of carbonyl (C=O) groups is 2. The van der Waals surface area contributed by atoms with E-state index in [1.165, 1.54) is 14.2 Å². The molecule has 1 aromatic heterocycles. The van der Waals surface area contributed by atoms with Crippen LogP contribution in [0.4, 0.5) is 0 Å². The largest absolute Gasteiger partial charge is 0.493 e. The van der Waals surface area contributed by atoms with Crippen LogP contribution in [0, 0.1) is 0 Å². The van der Waals surface area contributed by atoms with E-state index in [0.29, 0.717) is 23.6 Å². The highest BCUT2D eigenvalue weighted by Crippen LogP contribution is 2.33. The molecule has 2 aromatic rings. The van der Waals surface area contributed by atoms with E-state index >= 15 is 0 Å². The quantitative estimate of drug-likeness (QED) is 0.694. The maximum Gasteiger partial charge on any atom is 0.343 e. The smallest absolute Gasteiger partial charge is 0.343 e. The fraction of sp³-hybridized carbons (Fsp3) is 0.409. The van der Waals surface area contributed by atoms with Gasteiger partial charge in [0, 0.05) is 24.5 Å². The fourth-order valence-corrected chi connectivity index (χ4v) is 3.56. The predicted octanol–water partition coefficient (Wildman–Crippen LogP) is 3.40. The van der Waals surface area contributed by atoms with E-state index in [1.807, 2.05) is 17.0 Å². The number of pyridine rings is 1. The van der Waals surface area contributed by atoms with Crippen LogP contribution in [-0.2, 0) is 9.53 Å². The molecule has 0 bridgehead atoms. The Kier molecular flexibility index (Phi) is 7.05. The fourth-order valence-electron chi connectivity index (χ4n) is 3.56. The van der Waals surface area contributed by atoms with Gasteiger partial charge >= 0.3 is 5.97 Å². The van der Waals surface area contributed by atoms with Gasteiger partial charge in [-0.1, -0.05) is 12.8 Å². The number of hydrogen-bond acceptors (Lipinski definition) is 6. The number of hydrogen-bond donors (Lipinski definition) is 0. The molecule has 1 aromatic carbocycles. The van der Waals surface area contributed by atoms with Crippen molar-refractivity contribution >= 4 is 11.9 Å². The molecule has 7 heteroatoms. The van der Waals surface area contributed by atoms with E-state index in [0.717, 1.165) is 31.2 Å². The molecule has 1 fully saturated rings. The van der Waals surface area contributed by atoms with E-state index in [-0.39, 0.29) is 18.6 Å². The second-order valence-corrected chi connectivity index (χ2v) is 6.87. The zero-order valence-electron chi connectivity index (χ0n) is 16.8. The lowest BCUT2D eigenvalue weighted by Crippen LogP contribution is -2.34. The molecule has 0 spiro atoms. The molecule has 1 amide bonds. The van der Waals surface area contributed by atoms with Gasteiger partial charge in [0.2, 0.25) is 0 Å². The molecule has 1 aliphatic heterocycles. The third-order valence-corrected chi connectivity index (χ3v) is 5.09. The van der Waals surface area contributed by atoms with Crippen LogP contribution >= 0.6 is 0 Å². The number of amides is 1. The molecule has 1 saturated heterocycles. The van der Waals surface area contributed by atoms with Crippen molar-refractivity contribution in [2.75, 3.05) is 27.4 Å². The summed E-state index contributed by atoms with van der Waals surface area (Å²) in [5, 5.41) is 0. The van der Waals surface area contributed by atoms with Crippen LogP contribution in [0.5, 0.6) is 11.5 Å². The number of esters is 1. The molecule has 0 N–H and O–H groups in total. The molecular weight excluding hydrogens is 372 g/mol. The average Bonchev–Trinajstić information content (AvgIpc) is 3.03. The number of methoxy groups -OCH3 is 2. The Balaban J connectivity index is 1.84. The molecule has 7 nitrogen and oxygen atoms in total. The normalized spacial score (nSPS) is 16.6. The number of rotatable bonds is 6. The van der Waals surface area contributed by atoms with Crippen molar-refractivity contribution in [2.24, 2.45) is 0 Å². The third-order valence-electron chi connectivity index (χ3n) is 5.09. The number of aromatic nitrogens is 1. The Morgan fingerprint density at radius 2 is 1.86 bits per heavy atom. The van der Waals surface area contributed by atoms with Gasteiger partial charge in [0.1, 0.15) is 0 Å². The summed E-state index contributed by atoms with van der Waals surface area (Å²) in [6.45, 7) is 0.477. The molecule has 0 saturated carbocycles. The molecule has 154 valence electrons. The molecular formula is C22H26N2O5. The second-order valence-electron chi connectivity index (χ2n) is 6.87. The lowest BCUT2D eigenvalue weighted by atomic mass is 10.0. The third kappa shape index (κ3) is 5.04. The van der Waals surface area contributed by atoms with Crippen molar-refractivity contribution in [1.29, 1.82) is 0 Å². The highest BCUT2D eigenvalue weighted by molar-refractivity contribution is 5.95. The Bertz CT molecular complexity index is 840. The molecule has 0 aliphatic carbocycles. The Morgan fingerprint density at radius 3 is 2.59 bits per heavy atom. The lowest BCUT2D eigenvalue weighted by Gasteiger charge is -2.30. The highest BCUT2D eigenvalue weighted by atomic mass is 16.6. The zero-order chi connectivity index (χ0) is 20.6. The second kappa shape index (κ2) is 9.91. The summed E-state index contributed by atoms with van der Waals surface area (Å²) >= 11 is 0. The number of carbonyl (C=O) groups excluding carboxylic acids is 2. The molecule has 3 rings (SSSR count). The van der Waals surface area contributed by atoms with Crippen LogP contribution in [0.1, 0.15) is 47.6 Å². The SMILES string of the molecule is COC(=O)COc1ccc(C(=O)N2CCCCCC2c2ccncc2)cc1OC. The van der Waals surface area contributed by atoms with Gasteiger partial charge in [0.15, 0.2) is 18.1 Å². The maximum atomic E-state index is 13.4. The van der Waals surface area contributed by atoms with Gasteiger partial charge in [0.25, 0.3) is 5.91 Å². The van der Waals surface area contributed by atoms with E-state index < -0.39 is 5.97 Å². The van der Waals surface area contributed by atoms with Crippen molar-refractivity contribution in [3.8, 4) is 11.5 Å². The Morgan fingerprint density at radius 1 is 1.07 bits per heavy atom. The lowest BCUT2D eigenvalue weighted by molar-refractivity contribution is -0.142. The maximum absolute atomic E-state index is 13.4. The Hall–Kier alpha value is -3.09. The minimum absolute atomic E-state index is 0.0224. The van der Waals surface area contributed by atoms with E-state index in [4.69, 9.17) is 9.47 Å². The summed E-state index contributed by atoms with van der Waals surface area (Å²) in [7, 11) is 2.80. The van der Waals surface area contributed by atoms with Gasteiger partial charge in [-0.25, -0.2) is 4.79 Å². The van der Waals surface area contributed by atoms with Crippen molar-refractivity contribution in [3.05, 3.63) is 53.9 Å². The molecule has 1 atom stereocenters. The minimum Gasteiger partial charge on any atom is -0.493 e. The van der Waals surface area contributed by atoms with Crippen LogP contribution in [0.2, 0.25) is 0 Å². The van der Waals surface area contributed by atoms with Gasteiger partial charge in [-0.05, 0) is 48.7 Å². The molecule has 1 aliphatic rings. The van der Waals surface area contributed by atoms with E-state index in [9.17, 15) is 9.59 Å². The van der Waals surface area contributed by atoms with Gasteiger partial charge in [-0.15, -0.1) is 0 Å². The summed E-state index contributed by atoms with van der Waals surface area (Å²) in [6, 6.07) is 8.97. The summed E-state index contributed by atoms with van der Waals surface area (Å²) < 4.78 is 15.4. The van der Waals surface area contributed by atoms with Crippen LogP contribution in [0.15, 0.2) is 42.7 Å². The summed E-state index contributed by atoms with van der Waals surface area (Å²) in [6.07, 6.45) is 7.62. The molecule has 0 radical (unpaired) electrons. The van der Waals surface area contributed by atoms with Crippen molar-refractivity contribution in [3.63, 3.8) is 0 Å². The van der Waals surface area contributed by atoms with Crippen LogP contribution in [0.25, 0.3) is 0 Å². The zero-order valence-corrected chi connectivity index (χ0v) is 16.8. The first-order valence-corrected chi connectivity index (χ1v) is 9.72. The average molecular weight is 398 g/mol. The number of ether oxygens (including phenoxy) is 3. The van der Waals surface area contributed by atoms with Crippen LogP contribution in [0.3, 0.4) is 0 Å². The van der Waals surface area contributed by atoms with Crippen LogP contribution < -0.4 is 9.47 Å². The van der Waals surface area contributed by atoms with E-state index in [1.54, 1.807) is 30.6 Å². The first-order chi connectivity index (χ1) is 14.1. The number of likely N-dealkylation sites (tertiary alicyclic amines) is 1. The summed E-state index contributed by atoms with van der Waals surface area (Å²) in [5.74, 6) is 0.245. The van der Waals surface area contributed by atoms with Crippen LogP contribution in [-0.4, -0.2) is 49.1 Å². The molecule has 1 unspecified atom stereocenters. The summed E-state index contributed by atoms with van der Waals surface area (Å²) in [4.78, 5) is 30.7. The first kappa shape index (κ1) is 20.6. The van der Waals surface area contributed by atoms with Crippen molar-refractivity contribution in [2.45, 2.75) is 31.7 Å². The van der Waals surface area contributed by atoms with Gasteiger partial charge in [-0.2, -0.15) is 0 Å². The number of benzene rings is 1. The topological polar surface area (TPSA) is 78.0 Å². The van der Waals surface area contributed by atoms with Gasteiger partial charge in [0.05, 0.1) is 20.3 Å². The summed E-state index contributed by atoms with van der Waals surface area (Å²) in [5.41, 5.74) is 1.62. The molecule has 29 heavy (non-hydrogen) atoms. The monoisotopic (exact) mass is 398 g/mol. The van der Waals surface area contributed by atoms with Crippen molar-refractivity contribution in [1.82, 2.24) is 9.88 Å².